The van der Waals surface area contributed by atoms with Crippen LogP contribution in [-0.2, 0) is 4.74 Å². The highest BCUT2D eigenvalue weighted by Crippen LogP contribution is 2.28. The summed E-state index contributed by atoms with van der Waals surface area (Å²) in [5, 5.41) is 5.52. The molecule has 0 amide bonds. The quantitative estimate of drug-likeness (QED) is 0.437. The van der Waals surface area contributed by atoms with E-state index in [9.17, 15) is 0 Å². The number of nitrogen functional groups attached to an aromatic ring is 1. The van der Waals surface area contributed by atoms with Gasteiger partial charge in [-0.1, -0.05) is 12.1 Å². The van der Waals surface area contributed by atoms with E-state index < -0.39 is 0 Å². The fourth-order valence-electron chi connectivity index (χ4n) is 4.19. The number of nitrogens with zero attached hydrogens (tertiary/aromatic N) is 5. The Labute approximate surface area is 190 Å². The Morgan fingerprint density at radius 1 is 0.939 bits per heavy atom. The normalized spacial score (nSPS) is 14.1. The van der Waals surface area contributed by atoms with E-state index in [1.54, 1.807) is 12.4 Å². The van der Waals surface area contributed by atoms with Gasteiger partial charge in [0.2, 0.25) is 0 Å². The van der Waals surface area contributed by atoms with Crippen molar-refractivity contribution in [1.29, 1.82) is 0 Å². The molecule has 2 aromatic carbocycles. The van der Waals surface area contributed by atoms with Crippen LogP contribution in [0.15, 0.2) is 73.3 Å². The molecule has 5 aromatic rings. The minimum absolute atomic E-state index is 0.513. The summed E-state index contributed by atoms with van der Waals surface area (Å²) in [5.74, 6) is 1.21. The molecule has 33 heavy (non-hydrogen) atoms. The molecule has 1 saturated heterocycles. The fourth-order valence-corrected chi connectivity index (χ4v) is 4.19. The van der Waals surface area contributed by atoms with Gasteiger partial charge in [0.05, 0.1) is 18.9 Å². The number of anilines is 4. The molecule has 6 rings (SSSR count). The smallest absolute Gasteiger partial charge is 0.180 e. The van der Waals surface area contributed by atoms with Crippen molar-refractivity contribution in [2.75, 3.05) is 42.3 Å². The molecule has 8 heteroatoms. The molecule has 0 unspecified atom stereocenters. The van der Waals surface area contributed by atoms with E-state index in [1.807, 2.05) is 35.0 Å². The van der Waals surface area contributed by atoms with Crippen LogP contribution in [0.4, 0.5) is 23.0 Å². The minimum atomic E-state index is 0.513. The van der Waals surface area contributed by atoms with Gasteiger partial charge < -0.3 is 25.1 Å². The summed E-state index contributed by atoms with van der Waals surface area (Å²) >= 11 is 0. The molecule has 0 saturated carbocycles. The van der Waals surface area contributed by atoms with E-state index in [-0.39, 0.29) is 0 Å². The molecule has 1 fully saturated rings. The van der Waals surface area contributed by atoms with Crippen molar-refractivity contribution < 1.29 is 4.74 Å². The topological polar surface area (TPSA) is 93.6 Å². The zero-order chi connectivity index (χ0) is 22.2. The van der Waals surface area contributed by atoms with Crippen molar-refractivity contribution in [2.45, 2.75) is 0 Å². The molecule has 1 aliphatic rings. The Balaban J connectivity index is 1.34. The zero-order valence-corrected chi connectivity index (χ0v) is 18.0. The minimum Gasteiger partial charge on any atom is -0.384 e. The van der Waals surface area contributed by atoms with Crippen molar-refractivity contribution in [1.82, 2.24) is 19.4 Å². The summed E-state index contributed by atoms with van der Waals surface area (Å²) in [6.07, 6.45) is 7.48. The summed E-state index contributed by atoms with van der Waals surface area (Å²) in [7, 11) is 0. The van der Waals surface area contributed by atoms with Gasteiger partial charge in [0, 0.05) is 60.2 Å². The van der Waals surface area contributed by atoms with E-state index in [4.69, 9.17) is 15.5 Å². The Morgan fingerprint density at radius 2 is 1.79 bits per heavy atom. The number of hydrogen-bond acceptors (Lipinski definition) is 7. The highest BCUT2D eigenvalue weighted by atomic mass is 16.5. The maximum absolute atomic E-state index is 5.82. The number of fused-ring (bicyclic) bond motifs is 2. The van der Waals surface area contributed by atoms with Crippen LogP contribution in [0.1, 0.15) is 0 Å². The van der Waals surface area contributed by atoms with Crippen LogP contribution in [0.5, 0.6) is 0 Å². The molecule has 8 nitrogen and oxygen atoms in total. The number of benzene rings is 2. The van der Waals surface area contributed by atoms with Crippen molar-refractivity contribution in [2.24, 2.45) is 0 Å². The van der Waals surface area contributed by atoms with Crippen LogP contribution < -0.4 is 16.0 Å². The SMILES string of the molecule is Nc1cc2ccc(-c3cn4ccnc4c(Nc4ccc(N5CCOCC5)cc4)n3)cc2cn1. The van der Waals surface area contributed by atoms with Crippen LogP contribution in [0.3, 0.4) is 0 Å². The predicted molar refractivity (Wildman–Crippen MR) is 131 cm³/mol. The first-order chi connectivity index (χ1) is 16.2. The van der Waals surface area contributed by atoms with Gasteiger partial charge in [0.15, 0.2) is 11.5 Å². The highest BCUT2D eigenvalue weighted by molar-refractivity contribution is 5.88. The van der Waals surface area contributed by atoms with E-state index in [0.717, 1.165) is 59.7 Å². The summed E-state index contributed by atoms with van der Waals surface area (Å²) in [4.78, 5) is 16.0. The van der Waals surface area contributed by atoms with Crippen molar-refractivity contribution in [3.8, 4) is 11.3 Å². The molecule has 3 N–H and O–H groups in total. The van der Waals surface area contributed by atoms with Gasteiger partial charge in [-0.25, -0.2) is 15.0 Å². The molecule has 0 radical (unpaired) electrons. The van der Waals surface area contributed by atoms with Crippen molar-refractivity contribution in [3.05, 3.63) is 73.3 Å². The van der Waals surface area contributed by atoms with Crippen LogP contribution in [-0.4, -0.2) is 45.7 Å². The van der Waals surface area contributed by atoms with Gasteiger partial charge in [-0.3, -0.25) is 0 Å². The number of ether oxygens (including phenoxy) is 1. The second-order valence-electron chi connectivity index (χ2n) is 8.08. The molecule has 0 aliphatic carbocycles. The standard InChI is InChI=1S/C25H23N7O/c26-23-14-17-1-2-18(13-19(17)15-28-23)22-16-32-8-7-27-25(32)24(30-22)29-20-3-5-21(6-4-20)31-9-11-33-12-10-31/h1-8,13-16H,9-12H2,(H2,26,28)(H,29,30). The summed E-state index contributed by atoms with van der Waals surface area (Å²) in [6.45, 7) is 3.37. The zero-order valence-electron chi connectivity index (χ0n) is 18.0. The fraction of sp³-hybridized carbons (Fsp3) is 0.160. The van der Waals surface area contributed by atoms with Crippen molar-refractivity contribution in [3.63, 3.8) is 0 Å². The number of nitrogens with two attached hydrogens (primary N) is 1. The first-order valence-electron chi connectivity index (χ1n) is 10.9. The number of hydrogen-bond donors (Lipinski definition) is 2. The van der Waals surface area contributed by atoms with Crippen LogP contribution in [0, 0.1) is 0 Å². The monoisotopic (exact) mass is 437 g/mol. The molecule has 0 spiro atoms. The third-order valence-corrected chi connectivity index (χ3v) is 5.92. The lowest BCUT2D eigenvalue weighted by atomic mass is 10.1. The van der Waals surface area contributed by atoms with Crippen LogP contribution in [0.25, 0.3) is 27.7 Å². The van der Waals surface area contributed by atoms with Gasteiger partial charge in [-0.15, -0.1) is 0 Å². The lowest BCUT2D eigenvalue weighted by molar-refractivity contribution is 0.122. The molecular formula is C25H23N7O. The van der Waals surface area contributed by atoms with Gasteiger partial charge >= 0.3 is 0 Å². The van der Waals surface area contributed by atoms with Gasteiger partial charge in [0.25, 0.3) is 0 Å². The molecule has 0 atom stereocenters. The number of imidazole rings is 1. The number of pyridine rings is 1. The Morgan fingerprint density at radius 3 is 2.64 bits per heavy atom. The lowest BCUT2D eigenvalue weighted by Crippen LogP contribution is -2.36. The number of aromatic nitrogens is 4. The number of nitrogens with one attached hydrogen (secondary N) is 1. The number of rotatable bonds is 4. The third-order valence-electron chi connectivity index (χ3n) is 5.92. The molecule has 3 aromatic heterocycles. The first kappa shape index (κ1) is 19.5. The van der Waals surface area contributed by atoms with E-state index >= 15 is 0 Å². The molecular weight excluding hydrogens is 414 g/mol. The summed E-state index contributed by atoms with van der Waals surface area (Å²) in [5.41, 5.74) is 10.6. The maximum Gasteiger partial charge on any atom is 0.180 e. The Kier molecular flexibility index (Phi) is 4.77. The highest BCUT2D eigenvalue weighted by Gasteiger charge is 2.13. The molecule has 1 aliphatic heterocycles. The van der Waals surface area contributed by atoms with E-state index in [2.05, 4.69) is 50.5 Å². The van der Waals surface area contributed by atoms with Crippen LogP contribution >= 0.6 is 0 Å². The van der Waals surface area contributed by atoms with Gasteiger partial charge in [-0.2, -0.15) is 0 Å². The second kappa shape index (κ2) is 8.07. The summed E-state index contributed by atoms with van der Waals surface area (Å²) < 4.78 is 7.44. The molecule has 4 heterocycles. The Hall–Kier alpha value is -4.17. The third kappa shape index (κ3) is 3.81. The van der Waals surface area contributed by atoms with Gasteiger partial charge in [0.1, 0.15) is 5.82 Å². The van der Waals surface area contributed by atoms with Gasteiger partial charge in [-0.05, 0) is 41.8 Å². The average molecular weight is 438 g/mol. The second-order valence-corrected chi connectivity index (χ2v) is 8.08. The lowest BCUT2D eigenvalue weighted by Gasteiger charge is -2.28. The van der Waals surface area contributed by atoms with E-state index in [1.165, 1.54) is 5.69 Å². The largest absolute Gasteiger partial charge is 0.384 e. The Bertz CT molecular complexity index is 1440. The number of morpholine rings is 1. The van der Waals surface area contributed by atoms with Crippen LogP contribution in [0.2, 0.25) is 0 Å². The first-order valence-corrected chi connectivity index (χ1v) is 10.9. The average Bonchev–Trinajstić information content (AvgIpc) is 3.34. The maximum atomic E-state index is 5.82. The summed E-state index contributed by atoms with van der Waals surface area (Å²) in [6, 6.07) is 16.4. The molecule has 0 bridgehead atoms. The molecule has 164 valence electrons. The van der Waals surface area contributed by atoms with Crippen molar-refractivity contribution >= 4 is 39.4 Å². The predicted octanol–water partition coefficient (Wildman–Crippen LogP) is 4.11. The van der Waals surface area contributed by atoms with E-state index in [0.29, 0.717) is 11.6 Å².